The largest absolute Gasteiger partial charge is 0.480 e. The first-order chi connectivity index (χ1) is 22.5. The summed E-state index contributed by atoms with van der Waals surface area (Å²) in [6, 6.07) is 19.7. The topological polar surface area (TPSA) is 224 Å². The second-order valence-electron chi connectivity index (χ2n) is 10.8. The Balaban J connectivity index is 1.45. The lowest BCUT2D eigenvalue weighted by Gasteiger charge is -2.25. The normalized spacial score (nSPS) is 11.7. The van der Waals surface area contributed by atoms with Gasteiger partial charge in [0.1, 0.15) is 0 Å². The lowest BCUT2D eigenvalue weighted by Crippen LogP contribution is -2.45. The van der Waals surface area contributed by atoms with E-state index in [0.29, 0.717) is 12.2 Å². The van der Waals surface area contributed by atoms with Crippen LogP contribution in [0.25, 0.3) is 10.8 Å². The number of carbonyl (C=O) groups is 5. The Hall–Kier alpha value is -5.09. The van der Waals surface area contributed by atoms with E-state index in [1.54, 1.807) is 29.2 Å². The minimum absolute atomic E-state index is 0.0666. The van der Waals surface area contributed by atoms with Gasteiger partial charge in [-0.1, -0.05) is 54.6 Å². The molecule has 0 spiro atoms. The van der Waals surface area contributed by atoms with Crippen molar-refractivity contribution >= 4 is 40.5 Å². The molecular weight excluding hydrogens is 612 g/mol. The number of benzene rings is 3. The van der Waals surface area contributed by atoms with Gasteiger partial charge in [-0.3, -0.25) is 33.8 Å². The lowest BCUT2D eigenvalue weighted by molar-refractivity contribution is -0.142. The maximum atomic E-state index is 12.7. The number of amides is 2. The number of fused-ring (bicyclic) bond motifs is 1. The summed E-state index contributed by atoms with van der Waals surface area (Å²) in [4.78, 5) is 66.5. The second kappa shape index (κ2) is 18.8. The molecule has 0 aliphatic heterocycles. The molecule has 15 nitrogen and oxygen atoms in total. The third-order valence-corrected chi connectivity index (χ3v) is 6.99. The van der Waals surface area contributed by atoms with Crippen LogP contribution in [-0.2, 0) is 36.9 Å². The first-order valence-electron chi connectivity index (χ1n) is 14.8. The van der Waals surface area contributed by atoms with E-state index in [0.717, 1.165) is 21.9 Å². The number of carbonyl (C=O) groups excluding carboxylic acids is 2. The molecule has 0 fully saturated rings. The number of hydroxylamine groups is 1. The summed E-state index contributed by atoms with van der Waals surface area (Å²) in [7, 11) is 0. The van der Waals surface area contributed by atoms with E-state index in [1.807, 2.05) is 42.5 Å². The fourth-order valence-corrected chi connectivity index (χ4v) is 4.61. The van der Waals surface area contributed by atoms with Gasteiger partial charge in [0.15, 0.2) is 5.75 Å². The van der Waals surface area contributed by atoms with Crippen LogP contribution in [0.3, 0.4) is 0 Å². The highest BCUT2D eigenvalue weighted by atomic mass is 16.7. The number of hydrogen-bond acceptors (Lipinski definition) is 10. The molecular formula is C32H40N6O9. The van der Waals surface area contributed by atoms with Crippen molar-refractivity contribution in [1.29, 1.82) is 0 Å². The zero-order valence-electron chi connectivity index (χ0n) is 25.8. The van der Waals surface area contributed by atoms with Crippen molar-refractivity contribution in [1.82, 2.24) is 25.9 Å². The van der Waals surface area contributed by atoms with Gasteiger partial charge >= 0.3 is 17.9 Å². The molecule has 2 amide bonds. The Bertz CT molecular complexity index is 1500. The monoisotopic (exact) mass is 652 g/mol. The molecule has 0 saturated heterocycles. The van der Waals surface area contributed by atoms with Gasteiger partial charge in [0.05, 0.1) is 32.2 Å². The summed E-state index contributed by atoms with van der Waals surface area (Å²) in [6.45, 7) is -0.402. The summed E-state index contributed by atoms with van der Waals surface area (Å²) in [6.07, 6.45) is 0.331. The van der Waals surface area contributed by atoms with Crippen LogP contribution in [0.5, 0.6) is 5.75 Å². The Morgan fingerprint density at radius 3 is 2.04 bits per heavy atom. The third kappa shape index (κ3) is 13.8. The van der Waals surface area contributed by atoms with E-state index < -0.39 is 42.9 Å². The van der Waals surface area contributed by atoms with Gasteiger partial charge in [-0.2, -0.15) is 5.48 Å². The smallest absolute Gasteiger partial charge is 0.317 e. The Labute approximate surface area is 271 Å². The van der Waals surface area contributed by atoms with Crippen molar-refractivity contribution in [2.45, 2.75) is 19.0 Å². The fraction of sp³-hybridized carbons (Fsp3) is 0.344. The Morgan fingerprint density at radius 2 is 1.38 bits per heavy atom. The van der Waals surface area contributed by atoms with Crippen LogP contribution in [0.1, 0.15) is 11.1 Å². The van der Waals surface area contributed by atoms with Crippen molar-refractivity contribution in [2.75, 3.05) is 52.4 Å². The Kier molecular flexibility index (Phi) is 14.5. The molecule has 15 heteroatoms. The van der Waals surface area contributed by atoms with Gasteiger partial charge in [-0.25, -0.2) is 0 Å². The van der Waals surface area contributed by atoms with Crippen LogP contribution in [-0.4, -0.2) is 113 Å². The molecule has 3 rings (SSSR count). The van der Waals surface area contributed by atoms with Crippen LogP contribution >= 0.6 is 0 Å². The van der Waals surface area contributed by atoms with Crippen molar-refractivity contribution in [2.24, 2.45) is 5.73 Å². The highest BCUT2D eigenvalue weighted by Gasteiger charge is 2.18. The molecule has 3 aromatic carbocycles. The highest BCUT2D eigenvalue weighted by Crippen LogP contribution is 2.17. The first-order valence-corrected chi connectivity index (χ1v) is 14.8. The number of hydrogen-bond donors (Lipinski definition) is 7. The fourth-order valence-electron chi connectivity index (χ4n) is 4.61. The maximum Gasteiger partial charge on any atom is 0.317 e. The molecule has 0 aliphatic rings. The molecule has 0 radical (unpaired) electrons. The molecule has 252 valence electrons. The van der Waals surface area contributed by atoms with E-state index in [2.05, 4.69) is 16.1 Å². The lowest BCUT2D eigenvalue weighted by atomic mass is 10.0. The minimum Gasteiger partial charge on any atom is -0.480 e. The average Bonchev–Trinajstić information content (AvgIpc) is 3.03. The number of carboxylic acids is 3. The van der Waals surface area contributed by atoms with Crippen LogP contribution < -0.4 is 26.7 Å². The molecule has 47 heavy (non-hydrogen) atoms. The molecule has 8 N–H and O–H groups in total. The molecule has 0 aromatic heterocycles. The Morgan fingerprint density at radius 1 is 0.745 bits per heavy atom. The predicted octanol–water partition coefficient (Wildman–Crippen LogP) is -0.117. The van der Waals surface area contributed by atoms with Crippen LogP contribution in [0.4, 0.5) is 0 Å². The van der Waals surface area contributed by atoms with Gasteiger partial charge in [0.2, 0.25) is 5.91 Å². The molecule has 0 unspecified atom stereocenters. The maximum absolute atomic E-state index is 12.7. The highest BCUT2D eigenvalue weighted by molar-refractivity contribution is 5.84. The van der Waals surface area contributed by atoms with Gasteiger partial charge in [-0.05, 0) is 40.5 Å². The van der Waals surface area contributed by atoms with E-state index >= 15 is 0 Å². The van der Waals surface area contributed by atoms with Crippen molar-refractivity contribution < 1.29 is 44.1 Å². The summed E-state index contributed by atoms with van der Waals surface area (Å²) < 4.78 is 0. The number of nitrogens with one attached hydrogen (secondary N) is 3. The average molecular weight is 653 g/mol. The molecule has 0 bridgehead atoms. The molecule has 0 saturated carbocycles. The van der Waals surface area contributed by atoms with E-state index in [1.165, 1.54) is 4.90 Å². The molecule has 0 aliphatic carbocycles. The number of rotatable bonds is 21. The van der Waals surface area contributed by atoms with E-state index in [-0.39, 0.29) is 51.7 Å². The summed E-state index contributed by atoms with van der Waals surface area (Å²) in [5.41, 5.74) is 10.1. The van der Waals surface area contributed by atoms with Crippen molar-refractivity contribution in [3.05, 3.63) is 77.9 Å². The van der Waals surface area contributed by atoms with Gasteiger partial charge in [-0.15, -0.1) is 0 Å². The number of nitrogens with two attached hydrogens (primary N) is 1. The van der Waals surface area contributed by atoms with Crippen molar-refractivity contribution in [3.63, 3.8) is 0 Å². The zero-order chi connectivity index (χ0) is 34.2. The molecule has 1 atom stereocenters. The first kappa shape index (κ1) is 36.4. The summed E-state index contributed by atoms with van der Waals surface area (Å²) >= 11 is 0. The van der Waals surface area contributed by atoms with Gasteiger partial charge < -0.3 is 36.5 Å². The summed E-state index contributed by atoms with van der Waals surface area (Å²) in [5.74, 6) is -3.87. The van der Waals surface area contributed by atoms with Gasteiger partial charge in [0, 0.05) is 32.7 Å². The number of carboxylic acid groups (broad SMARTS) is 3. The van der Waals surface area contributed by atoms with E-state index in [4.69, 9.17) is 25.9 Å². The quantitative estimate of drug-likeness (QED) is 0.0590. The number of aliphatic carboxylic acids is 3. The molecule has 3 aromatic rings. The van der Waals surface area contributed by atoms with Crippen LogP contribution in [0.2, 0.25) is 0 Å². The van der Waals surface area contributed by atoms with Crippen LogP contribution in [0, 0.1) is 0 Å². The van der Waals surface area contributed by atoms with E-state index in [9.17, 15) is 24.0 Å². The summed E-state index contributed by atoms with van der Waals surface area (Å²) in [5, 5.41) is 34.6. The van der Waals surface area contributed by atoms with Crippen LogP contribution in [0.15, 0.2) is 66.7 Å². The molecule has 0 heterocycles. The zero-order valence-corrected chi connectivity index (χ0v) is 25.8. The third-order valence-electron chi connectivity index (χ3n) is 6.99. The number of nitrogens with zero attached hydrogens (tertiary/aromatic N) is 2. The minimum atomic E-state index is -1.18. The van der Waals surface area contributed by atoms with Gasteiger partial charge in [0.25, 0.3) is 5.91 Å². The standard InChI is InChI=1S/C32H40N6O9/c33-27(16-23-5-8-24-3-1-2-4-25(24)15-23)32(46)36-47-26-9-6-22(7-10-26)17-35-28(39)19-37(12-11-34-18-29(40)41)13-14-38(20-30(42)43)21-31(44)45/h1-10,15,27,34H,11-14,16-21,33H2,(H,35,39)(H,36,46)(H,40,41)(H,42,43)(H,44,45)/t27-/m1/s1. The SMILES string of the molecule is N[C@H](Cc1ccc2ccccc2c1)C(=O)NOc1ccc(CNC(=O)CN(CCNCC(=O)O)CCN(CC(=O)O)CC(=O)O)cc1. The second-order valence-corrected chi connectivity index (χ2v) is 10.8. The predicted molar refractivity (Wildman–Crippen MR) is 171 cm³/mol. The van der Waals surface area contributed by atoms with Crippen molar-refractivity contribution in [3.8, 4) is 5.75 Å².